The van der Waals surface area contributed by atoms with E-state index >= 15 is 0 Å². The van der Waals surface area contributed by atoms with Crippen LogP contribution in [-0.2, 0) is 0 Å². The average molecular weight is 349 g/mol. The number of nitro benzene ring substituents is 1. The van der Waals surface area contributed by atoms with Crippen LogP contribution < -0.4 is 4.74 Å². The molecule has 0 bridgehead atoms. The van der Waals surface area contributed by atoms with Crippen molar-refractivity contribution in [2.75, 3.05) is 7.11 Å². The van der Waals surface area contributed by atoms with E-state index in [1.165, 1.54) is 25.3 Å². The maximum atomic E-state index is 10.8. The van der Waals surface area contributed by atoms with Crippen molar-refractivity contribution in [1.29, 1.82) is 5.26 Å². The number of hydrogen-bond acceptors (Lipinski definition) is 4. The minimum absolute atomic E-state index is 0.0885. The molecule has 0 amide bonds. The van der Waals surface area contributed by atoms with Crippen LogP contribution in [-0.4, -0.2) is 12.0 Å². The molecule has 0 N–H and O–H groups in total. The molecule has 0 saturated carbocycles. The molecule has 116 valence electrons. The fourth-order valence-corrected chi connectivity index (χ4v) is 2.65. The predicted octanol–water partition coefficient (Wildman–Crippen LogP) is 4.97. The maximum absolute atomic E-state index is 10.8. The van der Waals surface area contributed by atoms with Crippen molar-refractivity contribution in [3.05, 3.63) is 67.7 Å². The molecule has 0 spiro atoms. The van der Waals surface area contributed by atoms with Gasteiger partial charge in [0.2, 0.25) is 0 Å². The smallest absolute Gasteiger partial charge is 0.270 e. The van der Waals surface area contributed by atoms with Crippen molar-refractivity contribution in [2.45, 2.75) is 0 Å². The fraction of sp³-hybridized carbons (Fsp3) is 0.0625. The number of halogens is 2. The lowest BCUT2D eigenvalue weighted by Gasteiger charge is -2.07. The fourth-order valence-electron chi connectivity index (χ4n) is 1.99. The van der Waals surface area contributed by atoms with Crippen LogP contribution >= 0.6 is 23.2 Å². The first kappa shape index (κ1) is 16.8. The Kier molecular flexibility index (Phi) is 5.22. The zero-order valence-electron chi connectivity index (χ0n) is 11.9. The van der Waals surface area contributed by atoms with E-state index < -0.39 is 4.92 Å². The molecule has 2 aromatic carbocycles. The Morgan fingerprint density at radius 3 is 2.48 bits per heavy atom. The molecule has 0 unspecified atom stereocenters. The molecule has 0 aliphatic rings. The molecular formula is C16H10Cl2N2O3. The largest absolute Gasteiger partial charge is 0.494 e. The van der Waals surface area contributed by atoms with Crippen LogP contribution in [0.1, 0.15) is 11.1 Å². The van der Waals surface area contributed by atoms with Crippen molar-refractivity contribution < 1.29 is 9.66 Å². The van der Waals surface area contributed by atoms with E-state index in [9.17, 15) is 15.4 Å². The van der Waals surface area contributed by atoms with Crippen molar-refractivity contribution >= 4 is 40.5 Å². The van der Waals surface area contributed by atoms with Gasteiger partial charge in [-0.05, 0) is 29.3 Å². The van der Waals surface area contributed by atoms with Crippen LogP contribution in [0.3, 0.4) is 0 Å². The van der Waals surface area contributed by atoms with Gasteiger partial charge in [0.15, 0.2) is 5.75 Å². The van der Waals surface area contributed by atoms with E-state index in [1.54, 1.807) is 24.3 Å². The number of benzene rings is 2. The third kappa shape index (κ3) is 3.81. The van der Waals surface area contributed by atoms with E-state index in [-0.39, 0.29) is 11.3 Å². The van der Waals surface area contributed by atoms with Gasteiger partial charge in [0, 0.05) is 12.1 Å². The normalized spacial score (nSPS) is 11.0. The highest BCUT2D eigenvalue weighted by atomic mass is 35.5. The second-order valence-electron chi connectivity index (χ2n) is 4.50. The Balaban J connectivity index is 2.50. The summed E-state index contributed by atoms with van der Waals surface area (Å²) in [5.41, 5.74) is 1.19. The van der Waals surface area contributed by atoms with Gasteiger partial charge in [-0.25, -0.2) is 0 Å². The number of nitro groups is 1. The van der Waals surface area contributed by atoms with E-state index in [4.69, 9.17) is 27.9 Å². The van der Waals surface area contributed by atoms with Crippen molar-refractivity contribution in [3.63, 3.8) is 0 Å². The summed E-state index contributed by atoms with van der Waals surface area (Å²) < 4.78 is 5.06. The van der Waals surface area contributed by atoms with Crippen LogP contribution in [0.15, 0.2) is 36.4 Å². The molecule has 23 heavy (non-hydrogen) atoms. The molecule has 0 fully saturated rings. The van der Waals surface area contributed by atoms with Gasteiger partial charge in [-0.15, -0.1) is 0 Å². The van der Waals surface area contributed by atoms with Crippen LogP contribution in [0.5, 0.6) is 5.75 Å². The van der Waals surface area contributed by atoms with Crippen molar-refractivity contribution in [2.24, 2.45) is 0 Å². The highest BCUT2D eigenvalue weighted by molar-refractivity contribution is 6.37. The first-order valence-corrected chi connectivity index (χ1v) is 7.11. The number of hydrogen-bond donors (Lipinski definition) is 0. The third-order valence-electron chi connectivity index (χ3n) is 3.02. The van der Waals surface area contributed by atoms with Gasteiger partial charge in [0.25, 0.3) is 5.69 Å². The standard InChI is InChI=1S/C16H10Cl2N2O3/c1-23-16-14(17)6-10(7-15(16)18)5-12(9-19)11-3-2-4-13(8-11)20(21)22/h2-8H,1H3. The topological polar surface area (TPSA) is 76.2 Å². The minimum atomic E-state index is -0.514. The Morgan fingerprint density at radius 2 is 1.96 bits per heavy atom. The number of non-ortho nitro benzene ring substituents is 1. The van der Waals surface area contributed by atoms with E-state index in [2.05, 4.69) is 0 Å². The minimum Gasteiger partial charge on any atom is -0.494 e. The molecule has 2 rings (SSSR count). The second-order valence-corrected chi connectivity index (χ2v) is 5.31. The van der Waals surface area contributed by atoms with Crippen LogP contribution in [0.2, 0.25) is 10.0 Å². The summed E-state index contributed by atoms with van der Waals surface area (Å²) in [6.45, 7) is 0. The number of methoxy groups -OCH3 is 1. The van der Waals surface area contributed by atoms with Crippen LogP contribution in [0, 0.1) is 21.4 Å². The SMILES string of the molecule is COc1c(Cl)cc(C=C(C#N)c2cccc([N+](=O)[O-])c2)cc1Cl. The van der Waals surface area contributed by atoms with E-state index in [1.807, 2.05) is 6.07 Å². The first-order chi connectivity index (χ1) is 11.0. The summed E-state index contributed by atoms with van der Waals surface area (Å²) in [4.78, 5) is 10.3. The Labute approximate surface area is 142 Å². The van der Waals surface area contributed by atoms with Gasteiger partial charge in [-0.1, -0.05) is 35.3 Å². The maximum Gasteiger partial charge on any atom is 0.270 e. The first-order valence-electron chi connectivity index (χ1n) is 6.36. The van der Waals surface area contributed by atoms with Crippen molar-refractivity contribution in [3.8, 4) is 11.8 Å². The number of rotatable bonds is 4. The molecule has 0 aliphatic carbocycles. The number of nitriles is 1. The molecule has 7 heteroatoms. The van der Waals surface area contributed by atoms with E-state index in [0.717, 1.165) is 0 Å². The third-order valence-corrected chi connectivity index (χ3v) is 3.59. The molecule has 0 aromatic heterocycles. The summed E-state index contributed by atoms with van der Waals surface area (Å²) in [6.07, 6.45) is 1.55. The van der Waals surface area contributed by atoms with Gasteiger partial charge in [-0.2, -0.15) is 5.26 Å². The summed E-state index contributed by atoms with van der Waals surface area (Å²) in [7, 11) is 1.45. The van der Waals surface area contributed by atoms with Gasteiger partial charge < -0.3 is 4.74 Å². The Hall–Kier alpha value is -2.55. The number of ether oxygens (including phenoxy) is 1. The van der Waals surface area contributed by atoms with Crippen LogP contribution in [0.25, 0.3) is 11.6 Å². The molecule has 0 saturated heterocycles. The molecule has 0 atom stereocenters. The quantitative estimate of drug-likeness (QED) is 0.338. The highest BCUT2D eigenvalue weighted by Gasteiger charge is 2.11. The summed E-state index contributed by atoms with van der Waals surface area (Å²) in [6, 6.07) is 11.1. The van der Waals surface area contributed by atoms with Crippen LogP contribution in [0.4, 0.5) is 5.69 Å². The van der Waals surface area contributed by atoms with Gasteiger partial charge in [0.05, 0.1) is 33.7 Å². The zero-order valence-corrected chi connectivity index (χ0v) is 13.4. The molecule has 2 aromatic rings. The van der Waals surface area contributed by atoms with Crippen molar-refractivity contribution in [1.82, 2.24) is 0 Å². The summed E-state index contributed by atoms with van der Waals surface area (Å²) in [5, 5.41) is 20.8. The zero-order chi connectivity index (χ0) is 17.0. The van der Waals surface area contributed by atoms with Gasteiger partial charge in [0.1, 0.15) is 0 Å². The summed E-state index contributed by atoms with van der Waals surface area (Å²) in [5.74, 6) is 0.347. The highest BCUT2D eigenvalue weighted by Crippen LogP contribution is 2.35. The Morgan fingerprint density at radius 1 is 1.30 bits per heavy atom. The molecule has 5 nitrogen and oxygen atoms in total. The monoisotopic (exact) mass is 348 g/mol. The molecule has 0 radical (unpaired) electrons. The Bertz CT molecular complexity index is 818. The predicted molar refractivity (Wildman–Crippen MR) is 89.6 cm³/mol. The average Bonchev–Trinajstić information content (AvgIpc) is 2.52. The van der Waals surface area contributed by atoms with E-state index in [0.29, 0.717) is 26.9 Å². The molecule has 0 heterocycles. The van der Waals surface area contributed by atoms with Gasteiger partial charge in [-0.3, -0.25) is 10.1 Å². The lowest BCUT2D eigenvalue weighted by atomic mass is 10.0. The number of nitrogens with zero attached hydrogens (tertiary/aromatic N) is 2. The molecule has 0 aliphatic heterocycles. The lowest BCUT2D eigenvalue weighted by molar-refractivity contribution is -0.384. The lowest BCUT2D eigenvalue weighted by Crippen LogP contribution is -1.90. The summed E-state index contributed by atoms with van der Waals surface area (Å²) >= 11 is 12.1. The number of allylic oxidation sites excluding steroid dienone is 1. The molecular weight excluding hydrogens is 339 g/mol. The van der Waals surface area contributed by atoms with Gasteiger partial charge >= 0.3 is 0 Å². The second kappa shape index (κ2) is 7.14.